The number of hydrogen-bond donors (Lipinski definition) is 4. The zero-order chi connectivity index (χ0) is 23.9. The summed E-state index contributed by atoms with van der Waals surface area (Å²) in [7, 11) is 1.47. The number of aliphatic hydroxyl groups excluding tert-OH is 1. The first-order valence-electron chi connectivity index (χ1n) is 10.7. The van der Waals surface area contributed by atoms with E-state index in [0.29, 0.717) is 17.7 Å². The lowest BCUT2D eigenvalue weighted by molar-refractivity contribution is -0.122. The zero-order valence-electron chi connectivity index (χ0n) is 19.4. The number of aromatic hydroxyl groups is 1. The van der Waals surface area contributed by atoms with Crippen LogP contribution in [-0.2, 0) is 16.6 Å². The maximum absolute atomic E-state index is 12.5. The van der Waals surface area contributed by atoms with Crippen LogP contribution >= 0.6 is 0 Å². The van der Waals surface area contributed by atoms with Crippen LogP contribution in [0.25, 0.3) is 0 Å². The molecule has 0 unspecified atom stereocenters. The van der Waals surface area contributed by atoms with Crippen LogP contribution in [0.15, 0.2) is 42.5 Å². The third-order valence-corrected chi connectivity index (χ3v) is 5.34. The van der Waals surface area contributed by atoms with E-state index in [4.69, 9.17) is 4.74 Å². The largest absolute Gasteiger partial charge is 0.504 e. The van der Waals surface area contributed by atoms with E-state index in [9.17, 15) is 19.8 Å². The fourth-order valence-corrected chi connectivity index (χ4v) is 3.26. The van der Waals surface area contributed by atoms with Crippen molar-refractivity contribution in [3.8, 4) is 11.5 Å². The zero-order valence-corrected chi connectivity index (χ0v) is 19.4. The van der Waals surface area contributed by atoms with E-state index in [-0.39, 0.29) is 42.0 Å². The molecule has 2 aromatic carbocycles. The molecule has 0 bridgehead atoms. The normalized spacial score (nSPS) is 13.2. The first kappa shape index (κ1) is 25.2. The van der Waals surface area contributed by atoms with Gasteiger partial charge in [-0.25, -0.2) is 0 Å². The smallest absolute Gasteiger partial charge is 0.251 e. The molecule has 0 aliphatic carbocycles. The number of phenolic OH excluding ortho intramolecular Hbond substituents is 1. The molecule has 174 valence electrons. The van der Waals surface area contributed by atoms with Gasteiger partial charge in [0.2, 0.25) is 5.91 Å². The Bertz CT molecular complexity index is 919. The molecular weight excluding hydrogens is 408 g/mol. The molecule has 4 N–H and O–H groups in total. The highest BCUT2D eigenvalue weighted by Crippen LogP contribution is 2.27. The number of carbonyl (C=O) groups excluding carboxylic acids is 2. The summed E-state index contributed by atoms with van der Waals surface area (Å²) in [5, 5.41) is 25.1. The van der Waals surface area contributed by atoms with Gasteiger partial charge < -0.3 is 25.6 Å². The Labute approximate surface area is 189 Å². The van der Waals surface area contributed by atoms with Gasteiger partial charge in [-0.3, -0.25) is 9.59 Å². The van der Waals surface area contributed by atoms with Crippen molar-refractivity contribution in [1.29, 1.82) is 0 Å². The van der Waals surface area contributed by atoms with E-state index < -0.39 is 6.04 Å². The number of ether oxygens (including phenoxy) is 1. The molecular formula is C25H34N2O5. The van der Waals surface area contributed by atoms with Gasteiger partial charge in [0.05, 0.1) is 7.11 Å². The van der Waals surface area contributed by atoms with Gasteiger partial charge in [-0.1, -0.05) is 39.0 Å². The lowest BCUT2D eigenvalue weighted by Gasteiger charge is -2.20. The minimum absolute atomic E-state index is 0.00397. The Kier molecular flexibility index (Phi) is 8.66. The van der Waals surface area contributed by atoms with Crippen molar-refractivity contribution < 1.29 is 24.5 Å². The number of carbonyl (C=O) groups is 2. The van der Waals surface area contributed by atoms with Crippen LogP contribution in [0.1, 0.15) is 49.2 Å². The summed E-state index contributed by atoms with van der Waals surface area (Å²) in [5.74, 6) is -0.487. The van der Waals surface area contributed by atoms with E-state index >= 15 is 0 Å². The van der Waals surface area contributed by atoms with Crippen LogP contribution in [-0.4, -0.2) is 48.3 Å². The molecule has 0 saturated heterocycles. The molecule has 2 aromatic rings. The van der Waals surface area contributed by atoms with Crippen molar-refractivity contribution in [2.24, 2.45) is 5.92 Å². The summed E-state index contributed by atoms with van der Waals surface area (Å²) in [6, 6.07) is 11.7. The number of phenols is 1. The molecule has 0 heterocycles. The standard InChI is InChI=1S/C25H34N2O5/c1-16(27-24(31)19-7-9-20(10-8-19)25(2,3)4)23(30)26-14-18(15-28)12-17-6-11-22(32-5)21(29)13-17/h6-11,13,16,18,28-29H,12,14-15H2,1-5H3,(H,26,30)(H,27,31)/t16-,18+/m0/s1. The molecule has 0 spiro atoms. The average Bonchev–Trinajstić information content (AvgIpc) is 2.75. The monoisotopic (exact) mass is 442 g/mol. The predicted molar refractivity (Wildman–Crippen MR) is 124 cm³/mol. The first-order valence-corrected chi connectivity index (χ1v) is 10.7. The van der Waals surface area contributed by atoms with Gasteiger partial charge >= 0.3 is 0 Å². The molecule has 0 aliphatic heterocycles. The maximum atomic E-state index is 12.5. The van der Waals surface area contributed by atoms with Gasteiger partial charge in [-0.15, -0.1) is 0 Å². The Hall–Kier alpha value is -3.06. The Morgan fingerprint density at radius 2 is 1.75 bits per heavy atom. The maximum Gasteiger partial charge on any atom is 0.251 e. The quantitative estimate of drug-likeness (QED) is 0.478. The van der Waals surface area contributed by atoms with E-state index in [0.717, 1.165) is 11.1 Å². The lowest BCUT2D eigenvalue weighted by atomic mass is 9.86. The molecule has 7 heteroatoms. The SMILES string of the molecule is COc1ccc(C[C@@H](CO)CNC(=O)[C@H](C)NC(=O)c2ccc(C(C)(C)C)cc2)cc1O. The van der Waals surface area contributed by atoms with Crippen LogP contribution in [0.5, 0.6) is 11.5 Å². The Balaban J connectivity index is 1.88. The number of amides is 2. The molecule has 0 saturated carbocycles. The van der Waals surface area contributed by atoms with Gasteiger partial charge in [0, 0.05) is 24.6 Å². The van der Waals surface area contributed by atoms with Crippen molar-refractivity contribution in [3.63, 3.8) is 0 Å². The minimum Gasteiger partial charge on any atom is -0.504 e. The molecule has 32 heavy (non-hydrogen) atoms. The minimum atomic E-state index is -0.728. The number of benzene rings is 2. The summed E-state index contributed by atoms with van der Waals surface area (Å²) in [6.45, 7) is 8.03. The van der Waals surface area contributed by atoms with Crippen LogP contribution in [0, 0.1) is 5.92 Å². The number of hydrogen-bond acceptors (Lipinski definition) is 5. The third kappa shape index (κ3) is 6.99. The number of rotatable bonds is 9. The fourth-order valence-electron chi connectivity index (χ4n) is 3.26. The summed E-state index contributed by atoms with van der Waals surface area (Å²) in [4.78, 5) is 24.9. The van der Waals surface area contributed by atoms with Gasteiger partial charge in [0.15, 0.2) is 11.5 Å². The average molecular weight is 443 g/mol. The third-order valence-electron chi connectivity index (χ3n) is 5.34. The van der Waals surface area contributed by atoms with E-state index in [2.05, 4.69) is 31.4 Å². The number of methoxy groups -OCH3 is 1. The van der Waals surface area contributed by atoms with Gasteiger partial charge in [0.25, 0.3) is 5.91 Å². The van der Waals surface area contributed by atoms with Crippen molar-refractivity contribution in [3.05, 3.63) is 59.2 Å². The summed E-state index contributed by atoms with van der Waals surface area (Å²) in [5.41, 5.74) is 2.43. The van der Waals surface area contributed by atoms with Crippen LogP contribution in [0.3, 0.4) is 0 Å². The van der Waals surface area contributed by atoms with Crippen molar-refractivity contribution in [2.75, 3.05) is 20.3 Å². The molecule has 0 aliphatic rings. The van der Waals surface area contributed by atoms with Crippen molar-refractivity contribution in [1.82, 2.24) is 10.6 Å². The fraction of sp³-hybridized carbons (Fsp3) is 0.440. The predicted octanol–water partition coefficient (Wildman–Crippen LogP) is 2.78. The lowest BCUT2D eigenvalue weighted by Crippen LogP contribution is -2.46. The van der Waals surface area contributed by atoms with Crippen LogP contribution in [0.2, 0.25) is 0 Å². The van der Waals surface area contributed by atoms with Gasteiger partial charge in [-0.2, -0.15) is 0 Å². The van der Waals surface area contributed by atoms with E-state index in [1.807, 2.05) is 12.1 Å². The van der Waals surface area contributed by atoms with Crippen molar-refractivity contribution >= 4 is 11.8 Å². The highest BCUT2D eigenvalue weighted by atomic mass is 16.5. The van der Waals surface area contributed by atoms with E-state index in [1.54, 1.807) is 37.3 Å². The summed E-state index contributed by atoms with van der Waals surface area (Å²) < 4.78 is 5.03. The molecule has 2 rings (SSSR count). The second-order valence-electron chi connectivity index (χ2n) is 9.03. The van der Waals surface area contributed by atoms with Crippen LogP contribution in [0.4, 0.5) is 0 Å². The second kappa shape index (κ2) is 11.0. The first-order chi connectivity index (χ1) is 15.0. The van der Waals surface area contributed by atoms with Crippen molar-refractivity contribution in [2.45, 2.75) is 45.6 Å². The topological polar surface area (TPSA) is 108 Å². The second-order valence-corrected chi connectivity index (χ2v) is 9.03. The molecule has 0 radical (unpaired) electrons. The summed E-state index contributed by atoms with van der Waals surface area (Å²) in [6.07, 6.45) is 0.467. The highest BCUT2D eigenvalue weighted by molar-refractivity contribution is 5.97. The Morgan fingerprint density at radius 3 is 2.28 bits per heavy atom. The number of aliphatic hydroxyl groups is 1. The van der Waals surface area contributed by atoms with Gasteiger partial charge in [0.1, 0.15) is 6.04 Å². The molecule has 2 atom stereocenters. The summed E-state index contributed by atoms with van der Waals surface area (Å²) >= 11 is 0. The molecule has 0 fully saturated rings. The molecule has 2 amide bonds. The van der Waals surface area contributed by atoms with E-state index in [1.165, 1.54) is 7.11 Å². The van der Waals surface area contributed by atoms with Gasteiger partial charge in [-0.05, 0) is 54.2 Å². The van der Waals surface area contributed by atoms with Crippen LogP contribution < -0.4 is 15.4 Å². The number of nitrogens with one attached hydrogen (secondary N) is 2. The highest BCUT2D eigenvalue weighted by Gasteiger charge is 2.19. The Morgan fingerprint density at radius 1 is 1.09 bits per heavy atom. The molecule has 0 aromatic heterocycles. The molecule has 7 nitrogen and oxygen atoms in total.